The zero-order valence-electron chi connectivity index (χ0n) is 10.0. The number of nitrogens with zero attached hydrogens (tertiary/aromatic N) is 2. The fourth-order valence-corrected chi connectivity index (χ4v) is 1.80. The fourth-order valence-electron chi connectivity index (χ4n) is 1.80. The first-order valence-corrected chi connectivity index (χ1v) is 5.43. The molecule has 1 aromatic carbocycles. The average molecular weight is 273 g/mol. The van der Waals surface area contributed by atoms with Crippen molar-refractivity contribution in [3.8, 4) is 0 Å². The van der Waals surface area contributed by atoms with E-state index >= 15 is 0 Å². The smallest absolute Gasteiger partial charge is 0.384 e. The summed E-state index contributed by atoms with van der Waals surface area (Å²) in [6, 6.07) is 4.10. The van der Waals surface area contributed by atoms with Crippen LogP contribution in [-0.2, 0) is 12.7 Å². The first kappa shape index (κ1) is 13.4. The molecule has 0 aliphatic heterocycles. The molecule has 0 aliphatic rings. The van der Waals surface area contributed by atoms with Crippen LogP contribution in [0.25, 0.3) is 0 Å². The molecular formula is C12H11F4N3. The zero-order chi connectivity index (χ0) is 14.2. The Morgan fingerprint density at radius 1 is 1.26 bits per heavy atom. The van der Waals surface area contributed by atoms with Crippen molar-refractivity contribution in [3.63, 3.8) is 0 Å². The molecule has 1 aromatic heterocycles. The van der Waals surface area contributed by atoms with Gasteiger partial charge in [-0.3, -0.25) is 0 Å². The highest BCUT2D eigenvalue weighted by atomic mass is 19.4. The minimum atomic E-state index is -4.62. The summed E-state index contributed by atoms with van der Waals surface area (Å²) < 4.78 is 52.6. The highest BCUT2D eigenvalue weighted by Crippen LogP contribution is 2.33. The lowest BCUT2D eigenvalue weighted by molar-refractivity contribution is -0.138. The Labute approximate surface area is 106 Å². The Morgan fingerprint density at radius 2 is 1.95 bits per heavy atom. The quantitative estimate of drug-likeness (QED) is 0.855. The predicted molar refractivity (Wildman–Crippen MR) is 61.9 cm³/mol. The lowest BCUT2D eigenvalue weighted by Gasteiger charge is -2.13. The molecule has 0 fully saturated rings. The van der Waals surface area contributed by atoms with Crippen LogP contribution < -0.4 is 5.73 Å². The van der Waals surface area contributed by atoms with Crippen molar-refractivity contribution >= 4 is 5.82 Å². The van der Waals surface area contributed by atoms with Crippen LogP contribution in [-0.4, -0.2) is 9.78 Å². The van der Waals surface area contributed by atoms with Crippen molar-refractivity contribution in [1.82, 2.24) is 9.78 Å². The van der Waals surface area contributed by atoms with Crippen molar-refractivity contribution in [1.29, 1.82) is 0 Å². The second-order valence-electron chi connectivity index (χ2n) is 4.17. The van der Waals surface area contributed by atoms with Gasteiger partial charge in [0.25, 0.3) is 0 Å². The zero-order valence-corrected chi connectivity index (χ0v) is 10.0. The van der Waals surface area contributed by atoms with Crippen LogP contribution in [0, 0.1) is 12.7 Å². The molecule has 0 saturated carbocycles. The summed E-state index contributed by atoms with van der Waals surface area (Å²) in [5.41, 5.74) is 5.13. The van der Waals surface area contributed by atoms with E-state index in [1.165, 1.54) is 4.68 Å². The maximum Gasteiger partial charge on any atom is 0.416 e. The van der Waals surface area contributed by atoms with Gasteiger partial charge in [-0.05, 0) is 24.6 Å². The first-order chi connectivity index (χ1) is 8.77. The van der Waals surface area contributed by atoms with Crippen LogP contribution in [0.4, 0.5) is 23.4 Å². The third-order valence-electron chi connectivity index (χ3n) is 2.63. The number of alkyl halides is 3. The number of aryl methyl sites for hydroxylation is 1. The number of hydrogen-bond acceptors (Lipinski definition) is 2. The standard InChI is InChI=1S/C12H11F4N3/c1-7-4-11(17)19(18-7)6-8-2-3-9(13)5-10(8)12(14,15)16/h2-5H,6,17H2,1H3. The second kappa shape index (κ2) is 4.56. The monoisotopic (exact) mass is 273 g/mol. The molecule has 1 heterocycles. The third-order valence-corrected chi connectivity index (χ3v) is 2.63. The molecule has 0 amide bonds. The maximum atomic E-state index is 13.0. The Kier molecular flexibility index (Phi) is 3.21. The molecule has 2 rings (SSSR count). The molecule has 7 heteroatoms. The van der Waals surface area contributed by atoms with Gasteiger partial charge in [0.1, 0.15) is 11.6 Å². The highest BCUT2D eigenvalue weighted by molar-refractivity contribution is 5.35. The van der Waals surface area contributed by atoms with Gasteiger partial charge in [-0.25, -0.2) is 9.07 Å². The van der Waals surface area contributed by atoms with Crippen LogP contribution in [0.1, 0.15) is 16.8 Å². The van der Waals surface area contributed by atoms with Crippen molar-refractivity contribution < 1.29 is 17.6 Å². The topological polar surface area (TPSA) is 43.8 Å². The van der Waals surface area contributed by atoms with Crippen LogP contribution in [0.3, 0.4) is 0 Å². The highest BCUT2D eigenvalue weighted by Gasteiger charge is 2.33. The molecular weight excluding hydrogens is 262 g/mol. The van der Waals surface area contributed by atoms with E-state index in [2.05, 4.69) is 5.10 Å². The molecule has 0 bridgehead atoms. The maximum absolute atomic E-state index is 13.0. The predicted octanol–water partition coefficient (Wildman–Crippen LogP) is 2.98. The van der Waals surface area contributed by atoms with E-state index in [4.69, 9.17) is 5.73 Å². The molecule has 0 spiro atoms. The van der Waals surface area contributed by atoms with Crippen LogP contribution in [0.2, 0.25) is 0 Å². The fraction of sp³-hybridized carbons (Fsp3) is 0.250. The summed E-state index contributed by atoms with van der Waals surface area (Å²) in [4.78, 5) is 0. The van der Waals surface area contributed by atoms with E-state index in [0.29, 0.717) is 11.8 Å². The minimum Gasteiger partial charge on any atom is -0.384 e. The van der Waals surface area contributed by atoms with E-state index in [0.717, 1.165) is 12.1 Å². The molecule has 102 valence electrons. The van der Waals surface area contributed by atoms with Crippen LogP contribution in [0.5, 0.6) is 0 Å². The molecule has 0 saturated heterocycles. The van der Waals surface area contributed by atoms with Gasteiger partial charge in [-0.1, -0.05) is 6.07 Å². The van der Waals surface area contributed by atoms with E-state index in [1.54, 1.807) is 13.0 Å². The second-order valence-corrected chi connectivity index (χ2v) is 4.17. The van der Waals surface area contributed by atoms with Gasteiger partial charge >= 0.3 is 6.18 Å². The SMILES string of the molecule is Cc1cc(N)n(Cc2ccc(F)cc2C(F)(F)F)n1. The number of aromatic nitrogens is 2. The lowest BCUT2D eigenvalue weighted by atomic mass is 10.1. The van der Waals surface area contributed by atoms with E-state index in [1.807, 2.05) is 0 Å². The Bertz CT molecular complexity index is 602. The summed E-state index contributed by atoms with van der Waals surface area (Å²) in [5.74, 6) is -0.671. The summed E-state index contributed by atoms with van der Waals surface area (Å²) in [5, 5.41) is 3.98. The number of benzene rings is 1. The van der Waals surface area contributed by atoms with Gasteiger partial charge < -0.3 is 5.73 Å². The molecule has 3 nitrogen and oxygen atoms in total. The molecule has 2 N–H and O–H groups in total. The third kappa shape index (κ3) is 2.86. The van der Waals surface area contributed by atoms with Crippen molar-refractivity contribution in [3.05, 3.63) is 46.9 Å². The normalized spacial score (nSPS) is 11.8. The summed E-state index contributed by atoms with van der Waals surface area (Å²) in [7, 11) is 0. The minimum absolute atomic E-state index is 0.0799. The number of nitrogen functional groups attached to an aromatic ring is 1. The number of halogens is 4. The summed E-state index contributed by atoms with van der Waals surface area (Å²) in [6.07, 6.45) is -4.62. The lowest BCUT2D eigenvalue weighted by Crippen LogP contribution is -2.14. The average Bonchev–Trinajstić information content (AvgIpc) is 2.58. The van der Waals surface area contributed by atoms with Gasteiger partial charge in [0.2, 0.25) is 0 Å². The molecule has 19 heavy (non-hydrogen) atoms. The molecule has 2 aromatic rings. The van der Waals surface area contributed by atoms with E-state index in [-0.39, 0.29) is 17.9 Å². The number of nitrogens with two attached hydrogens (primary N) is 1. The van der Waals surface area contributed by atoms with Crippen LogP contribution >= 0.6 is 0 Å². The van der Waals surface area contributed by atoms with Gasteiger partial charge in [0, 0.05) is 6.07 Å². The van der Waals surface area contributed by atoms with Crippen molar-refractivity contribution in [2.75, 3.05) is 5.73 Å². The molecule has 0 atom stereocenters. The Hall–Kier alpha value is -2.05. The van der Waals surface area contributed by atoms with Gasteiger partial charge in [0.15, 0.2) is 0 Å². The summed E-state index contributed by atoms with van der Waals surface area (Å²) >= 11 is 0. The van der Waals surface area contributed by atoms with Gasteiger partial charge in [-0.15, -0.1) is 0 Å². The largest absolute Gasteiger partial charge is 0.416 e. The first-order valence-electron chi connectivity index (χ1n) is 5.43. The van der Waals surface area contributed by atoms with E-state index in [9.17, 15) is 17.6 Å². The van der Waals surface area contributed by atoms with E-state index < -0.39 is 17.6 Å². The molecule has 0 aliphatic carbocycles. The van der Waals surface area contributed by atoms with Gasteiger partial charge in [-0.2, -0.15) is 18.3 Å². The number of rotatable bonds is 2. The van der Waals surface area contributed by atoms with Crippen molar-refractivity contribution in [2.45, 2.75) is 19.6 Å². The number of hydrogen-bond donors (Lipinski definition) is 1. The molecule has 0 radical (unpaired) electrons. The number of anilines is 1. The Balaban J connectivity index is 2.43. The summed E-state index contributed by atoms with van der Waals surface area (Å²) in [6.45, 7) is 1.52. The van der Waals surface area contributed by atoms with Crippen molar-refractivity contribution in [2.24, 2.45) is 0 Å². The van der Waals surface area contributed by atoms with Gasteiger partial charge in [0.05, 0.1) is 17.8 Å². The molecule has 0 unspecified atom stereocenters. The van der Waals surface area contributed by atoms with Crippen LogP contribution in [0.15, 0.2) is 24.3 Å². The Morgan fingerprint density at radius 3 is 2.47 bits per heavy atom.